The molecule has 0 unspecified atom stereocenters. The first kappa shape index (κ1) is 52.4. The molecule has 0 fully saturated rings. The van der Waals surface area contributed by atoms with E-state index in [2.05, 4.69) is 22.1 Å². The van der Waals surface area contributed by atoms with Crippen LogP contribution >= 0.6 is 69.6 Å². The minimum Gasteiger partial charge on any atom is -0.665 e. The van der Waals surface area contributed by atoms with Gasteiger partial charge >= 0.3 is 19.5 Å². The van der Waals surface area contributed by atoms with E-state index in [9.17, 15) is 10.2 Å². The summed E-state index contributed by atoms with van der Waals surface area (Å²) in [5.41, 5.74) is 10.9. The maximum absolute atomic E-state index is 11.5. The van der Waals surface area contributed by atoms with Gasteiger partial charge in [0.05, 0.1) is 16.5 Å². The number of hydrogen-bond acceptors (Lipinski definition) is 4. The van der Waals surface area contributed by atoms with Gasteiger partial charge in [0.25, 0.3) is 0 Å². The van der Waals surface area contributed by atoms with E-state index in [0.29, 0.717) is 27.7 Å². The molecule has 0 aliphatic heterocycles. The van der Waals surface area contributed by atoms with Crippen LogP contribution in [0.15, 0.2) is 207 Å². The largest absolute Gasteiger partial charge is 2.00 e. The summed E-state index contributed by atoms with van der Waals surface area (Å²) in [6.45, 7) is 0. The van der Waals surface area contributed by atoms with Crippen LogP contribution in [0.1, 0.15) is 0 Å². The van der Waals surface area contributed by atoms with E-state index < -0.39 is 8.59 Å². The number of alkyl halides is 6. The topological polar surface area (TPSA) is 123 Å². The van der Waals surface area contributed by atoms with Gasteiger partial charge in [-0.05, 0) is 82.7 Å². The number of fused-ring (bicyclic) bond motifs is 9. The van der Waals surface area contributed by atoms with Crippen molar-refractivity contribution in [2.24, 2.45) is 0 Å². The Hall–Kier alpha value is -6.00. The van der Waals surface area contributed by atoms with Crippen LogP contribution in [0.3, 0.4) is 0 Å². The molecule has 0 atom stereocenters. The first-order valence-corrected chi connectivity index (χ1v) is 23.3. The number of phenols is 2. The molecule has 0 saturated carbocycles. The summed E-state index contributed by atoms with van der Waals surface area (Å²) in [5, 5.41) is 23.5. The molecule has 11 rings (SSSR count). The minimum absolute atomic E-state index is 0. The second-order valence-electron chi connectivity index (χ2n) is 14.3. The normalized spacial score (nSPS) is 10.4. The predicted octanol–water partition coefficient (Wildman–Crippen LogP) is 15.5. The average molecular weight is 1080 g/mol. The molecule has 8 bridgehead atoms. The third-order valence-corrected chi connectivity index (χ3v) is 9.94. The van der Waals surface area contributed by atoms with E-state index in [1.54, 1.807) is 43.0 Å². The number of phenolic OH excluding ortho intramolecular Hbond substituents is 2. The summed E-state index contributed by atoms with van der Waals surface area (Å²) in [5.74, 6) is 0.320. The Bertz CT molecular complexity index is 3320. The van der Waals surface area contributed by atoms with Crippen molar-refractivity contribution in [3.63, 3.8) is 0 Å². The molecule has 0 aliphatic carbocycles. The van der Waals surface area contributed by atoms with Gasteiger partial charge in [0.15, 0.2) is 14.3 Å². The Morgan fingerprint density at radius 2 is 0.797 bits per heavy atom. The molecule has 0 radical (unpaired) electrons. The summed E-state index contributed by atoms with van der Waals surface area (Å²) < 4.78 is -1.50. The van der Waals surface area contributed by atoms with Crippen molar-refractivity contribution in [1.82, 2.24) is 29.9 Å². The van der Waals surface area contributed by atoms with Gasteiger partial charge < -0.3 is 30.1 Å². The molecule has 15 heteroatoms. The molecule has 340 valence electrons. The number of hydrogen-bond donors (Lipinski definition) is 2. The number of rotatable bonds is 3. The molecule has 0 aliphatic rings. The van der Waals surface area contributed by atoms with Crippen molar-refractivity contribution < 1.29 is 29.7 Å². The third kappa shape index (κ3) is 14.5. The second kappa shape index (κ2) is 26.1. The third-order valence-electron chi connectivity index (χ3n) is 9.94. The Labute approximate surface area is 441 Å². The number of aromatic nitrogens is 6. The molecular weight excluding hydrogens is 1040 g/mol. The number of nitrogens with zero attached hydrogens (tertiary/aromatic N) is 6. The SMILES string of the molecule is ClC(Cl)Cl.ClC(Cl)Cl.Oc1ccc(-[c+]2c3ccc([cH-]c4ccc([n-]4)[c+](-c4ccccc4)c4ccc([n-]4)[c+](-c4c(O)ccc5ccccc45)c4ccc2[n-]4)[n-]3)cc1.[Zn+2].c1ccncc1.c1ccncc1. The van der Waals surface area contributed by atoms with E-state index in [1.807, 2.05) is 152 Å². The molecule has 0 spiro atoms. The van der Waals surface area contributed by atoms with Crippen LogP contribution in [0.4, 0.5) is 0 Å². The average Bonchev–Trinajstić information content (AvgIpc) is 4.20. The maximum Gasteiger partial charge on any atom is 2.00 e. The molecule has 11 aromatic rings. The fraction of sp³-hybridized carbons (Fsp3) is 0.0370. The zero-order valence-corrected chi connectivity index (χ0v) is 43.8. The Kier molecular flexibility index (Phi) is 19.8. The summed E-state index contributed by atoms with van der Waals surface area (Å²) >= 11 is 28.8. The fourth-order valence-electron chi connectivity index (χ4n) is 7.25. The molecule has 7 aromatic heterocycles. The zero-order valence-electron chi connectivity index (χ0n) is 36.3. The summed E-state index contributed by atoms with van der Waals surface area (Å²) in [4.78, 5) is 28.1. The van der Waals surface area contributed by atoms with Crippen LogP contribution in [0.2, 0.25) is 0 Å². The van der Waals surface area contributed by atoms with E-state index >= 15 is 0 Å². The molecular formula is C54H38Cl6N6O2Zn. The van der Waals surface area contributed by atoms with Crippen LogP contribution in [-0.4, -0.2) is 28.8 Å². The second-order valence-corrected chi connectivity index (χ2v) is 18.3. The van der Waals surface area contributed by atoms with Crippen molar-refractivity contribution in [2.75, 3.05) is 0 Å². The first-order valence-electron chi connectivity index (χ1n) is 20.7. The van der Waals surface area contributed by atoms with E-state index in [0.717, 1.165) is 60.6 Å². The van der Waals surface area contributed by atoms with Crippen LogP contribution < -0.4 is 19.9 Å². The quantitative estimate of drug-likeness (QED) is 0.102. The van der Waals surface area contributed by atoms with E-state index in [-0.39, 0.29) is 31.0 Å². The van der Waals surface area contributed by atoms with Gasteiger partial charge in [-0.3, -0.25) is 9.97 Å². The minimum atomic E-state index is -0.750. The summed E-state index contributed by atoms with van der Waals surface area (Å²) in [6, 6.07) is 58.2. The molecule has 2 N–H and O–H groups in total. The molecule has 0 saturated heterocycles. The van der Waals surface area contributed by atoms with E-state index in [1.165, 1.54) is 0 Å². The van der Waals surface area contributed by atoms with Gasteiger partial charge in [-0.1, -0.05) is 117 Å². The fourth-order valence-corrected chi connectivity index (χ4v) is 7.25. The van der Waals surface area contributed by atoms with Gasteiger partial charge in [0.2, 0.25) is 0 Å². The maximum atomic E-state index is 11.5. The van der Waals surface area contributed by atoms with Crippen molar-refractivity contribution >= 4 is 125 Å². The zero-order chi connectivity index (χ0) is 47.8. The number of aromatic hydroxyl groups is 2. The summed E-state index contributed by atoms with van der Waals surface area (Å²) in [7, 11) is 0. The first-order chi connectivity index (χ1) is 33.0. The Morgan fingerprint density at radius 3 is 1.25 bits per heavy atom. The number of pyridine rings is 2. The van der Waals surface area contributed by atoms with Crippen LogP contribution in [-0.2, 0) is 19.5 Å². The monoisotopic (exact) mass is 1080 g/mol. The molecule has 69 heavy (non-hydrogen) atoms. The van der Waals surface area contributed by atoms with Crippen molar-refractivity contribution in [3.05, 3.63) is 207 Å². The molecule has 4 aromatic carbocycles. The summed E-state index contributed by atoms with van der Waals surface area (Å²) in [6.07, 6.45) is 7.00. The van der Waals surface area contributed by atoms with Gasteiger partial charge in [-0.25, -0.2) is 11.0 Å². The molecule has 0 amide bonds. The standard InChI is InChI=1S/C42H26N4O2.2C5H5N.2CHCl3.Zn/c47-30-15-10-27(11-16-30)40-33-18-14-29(44-33)24-28-13-17-32(43-28)39(26-7-2-1-3-8-26)34-19-21-36(45-34)42(37-22-20-35(40)46-37)41-31-9-5-4-6-25(31)12-23-38(41)48;2*1-2-4-6-5-3-1;2*2-1(3)4;/h1-24,47-48H;2*1-5H;2*1H;/q-2;;;;;+2. The van der Waals surface area contributed by atoms with Gasteiger partial charge in [0.1, 0.15) is 11.3 Å². The van der Waals surface area contributed by atoms with Crippen LogP contribution in [0.5, 0.6) is 11.5 Å². The van der Waals surface area contributed by atoms with E-state index in [4.69, 9.17) is 89.5 Å². The number of benzene rings is 4. The van der Waals surface area contributed by atoms with Gasteiger partial charge in [-0.15, -0.1) is 12.1 Å². The predicted molar refractivity (Wildman–Crippen MR) is 284 cm³/mol. The Morgan fingerprint density at radius 1 is 0.406 bits per heavy atom. The van der Waals surface area contributed by atoms with Crippen molar-refractivity contribution in [1.29, 1.82) is 0 Å². The van der Waals surface area contributed by atoms with Crippen molar-refractivity contribution in [3.8, 4) is 44.9 Å². The van der Waals surface area contributed by atoms with Gasteiger partial charge in [-0.2, -0.15) is 6.07 Å². The molecule has 7 heterocycles. The number of halogens is 6. The van der Waals surface area contributed by atoms with Gasteiger partial charge in [0, 0.05) is 114 Å². The van der Waals surface area contributed by atoms with Crippen LogP contribution in [0, 0.1) is 0 Å². The van der Waals surface area contributed by atoms with Crippen LogP contribution in [0.25, 0.3) is 88.3 Å². The Balaban J connectivity index is 0.000000312. The van der Waals surface area contributed by atoms with Crippen molar-refractivity contribution in [2.45, 2.75) is 8.59 Å². The smallest absolute Gasteiger partial charge is 0.665 e. The molecule has 8 nitrogen and oxygen atoms in total.